The van der Waals surface area contributed by atoms with Gasteiger partial charge in [-0.25, -0.2) is 0 Å². The van der Waals surface area contributed by atoms with Gasteiger partial charge in [-0.15, -0.1) is 10.2 Å². The summed E-state index contributed by atoms with van der Waals surface area (Å²) in [6, 6.07) is 0.462. The van der Waals surface area contributed by atoms with Crippen molar-refractivity contribution in [2.24, 2.45) is 0 Å². The van der Waals surface area contributed by atoms with E-state index in [0.717, 1.165) is 8.68 Å². The first-order chi connectivity index (χ1) is 8.45. The molecule has 0 spiro atoms. The molecule has 0 N–H and O–H groups in total. The summed E-state index contributed by atoms with van der Waals surface area (Å²) in [6.07, 6.45) is 1.97. The Morgan fingerprint density at radius 3 is 2.22 bits per heavy atom. The van der Waals surface area contributed by atoms with E-state index < -0.39 is 0 Å². The minimum Gasteiger partial charge on any atom is -0.337 e. The normalized spacial score (nSPS) is 11.3. The lowest BCUT2D eigenvalue weighted by molar-refractivity contribution is -0.131. The highest BCUT2D eigenvalue weighted by Crippen LogP contribution is 2.27. The van der Waals surface area contributed by atoms with Crippen LogP contribution in [-0.2, 0) is 4.79 Å². The first-order valence-electron chi connectivity index (χ1n) is 5.77. The van der Waals surface area contributed by atoms with E-state index in [1.54, 1.807) is 11.8 Å². The van der Waals surface area contributed by atoms with Gasteiger partial charge in [-0.2, -0.15) is 0 Å². The third-order valence-corrected chi connectivity index (χ3v) is 5.30. The molecule has 0 aliphatic heterocycles. The van der Waals surface area contributed by atoms with E-state index in [1.165, 1.54) is 23.1 Å². The van der Waals surface area contributed by atoms with Crippen LogP contribution in [0.1, 0.15) is 27.7 Å². The summed E-state index contributed by atoms with van der Waals surface area (Å²) in [5, 5.41) is 8.06. The van der Waals surface area contributed by atoms with Gasteiger partial charge in [0.1, 0.15) is 0 Å². The fourth-order valence-electron chi connectivity index (χ4n) is 1.71. The topological polar surface area (TPSA) is 46.1 Å². The Bertz CT molecular complexity index is 385. The van der Waals surface area contributed by atoms with Crippen LogP contribution in [0.4, 0.5) is 0 Å². The molecule has 1 aromatic rings. The summed E-state index contributed by atoms with van der Waals surface area (Å²) in [4.78, 5) is 14.0. The van der Waals surface area contributed by atoms with Crippen LogP contribution in [-0.4, -0.2) is 45.1 Å². The average molecular weight is 305 g/mol. The molecular formula is C11H19N3OS3. The fourth-order valence-corrected chi connectivity index (χ4v) is 4.02. The summed E-state index contributed by atoms with van der Waals surface area (Å²) < 4.78 is 1.80. The third kappa shape index (κ3) is 4.44. The maximum atomic E-state index is 12.1. The van der Waals surface area contributed by atoms with E-state index >= 15 is 0 Å². The van der Waals surface area contributed by atoms with Crippen molar-refractivity contribution in [3.8, 4) is 0 Å². The van der Waals surface area contributed by atoms with Crippen LogP contribution < -0.4 is 0 Å². The number of carbonyl (C=O) groups is 1. The first kappa shape index (κ1) is 15.8. The van der Waals surface area contributed by atoms with Gasteiger partial charge in [0.25, 0.3) is 0 Å². The van der Waals surface area contributed by atoms with E-state index in [2.05, 4.69) is 10.2 Å². The van der Waals surface area contributed by atoms with Gasteiger partial charge in [-0.3, -0.25) is 4.79 Å². The number of amides is 1. The monoisotopic (exact) mass is 305 g/mol. The van der Waals surface area contributed by atoms with Crippen LogP contribution in [0.2, 0.25) is 0 Å². The second kappa shape index (κ2) is 7.35. The van der Waals surface area contributed by atoms with E-state index in [9.17, 15) is 4.79 Å². The van der Waals surface area contributed by atoms with Crippen molar-refractivity contribution in [3.63, 3.8) is 0 Å². The molecule has 0 saturated carbocycles. The molecule has 1 aromatic heterocycles. The molecule has 0 aliphatic rings. The van der Waals surface area contributed by atoms with Crippen molar-refractivity contribution in [1.82, 2.24) is 15.1 Å². The van der Waals surface area contributed by atoms with Crippen molar-refractivity contribution >= 4 is 40.8 Å². The van der Waals surface area contributed by atoms with Crippen LogP contribution in [0.15, 0.2) is 8.68 Å². The third-order valence-electron chi connectivity index (χ3n) is 2.28. The smallest absolute Gasteiger partial charge is 0.233 e. The zero-order valence-electron chi connectivity index (χ0n) is 11.3. The number of carbonyl (C=O) groups excluding carboxylic acids is 1. The number of hydrogen-bond acceptors (Lipinski definition) is 6. The minimum absolute atomic E-state index is 0.158. The summed E-state index contributed by atoms with van der Waals surface area (Å²) >= 11 is 4.58. The van der Waals surface area contributed by atoms with E-state index in [1.807, 2.05) is 38.9 Å². The SMILES string of the molecule is CSc1nnc(SCC(=O)N(C(C)C)C(C)C)s1. The number of rotatable bonds is 6. The van der Waals surface area contributed by atoms with Gasteiger partial charge in [0.05, 0.1) is 5.75 Å². The van der Waals surface area contributed by atoms with E-state index in [-0.39, 0.29) is 18.0 Å². The molecule has 0 bridgehead atoms. The van der Waals surface area contributed by atoms with Crippen LogP contribution >= 0.6 is 34.9 Å². The van der Waals surface area contributed by atoms with Crippen molar-refractivity contribution in [1.29, 1.82) is 0 Å². The molecule has 0 atom stereocenters. The Labute approximate surface area is 121 Å². The zero-order valence-corrected chi connectivity index (χ0v) is 13.8. The van der Waals surface area contributed by atoms with Crippen molar-refractivity contribution in [2.75, 3.05) is 12.0 Å². The predicted molar refractivity (Wildman–Crippen MR) is 79.5 cm³/mol. The molecule has 0 saturated heterocycles. The fraction of sp³-hybridized carbons (Fsp3) is 0.727. The van der Waals surface area contributed by atoms with Gasteiger partial charge < -0.3 is 4.90 Å². The molecule has 102 valence electrons. The zero-order chi connectivity index (χ0) is 13.7. The van der Waals surface area contributed by atoms with Crippen molar-refractivity contribution < 1.29 is 4.79 Å². The van der Waals surface area contributed by atoms with Crippen LogP contribution in [0, 0.1) is 0 Å². The molecule has 18 heavy (non-hydrogen) atoms. The molecule has 0 aliphatic carbocycles. The van der Waals surface area contributed by atoms with Gasteiger partial charge in [-0.1, -0.05) is 34.9 Å². The van der Waals surface area contributed by atoms with Gasteiger partial charge in [0.15, 0.2) is 8.68 Å². The quantitative estimate of drug-likeness (QED) is 0.756. The Kier molecular flexibility index (Phi) is 6.45. The van der Waals surface area contributed by atoms with Crippen molar-refractivity contribution in [3.05, 3.63) is 0 Å². The highest BCUT2D eigenvalue weighted by Gasteiger charge is 2.20. The first-order valence-corrected chi connectivity index (χ1v) is 8.79. The van der Waals surface area contributed by atoms with Gasteiger partial charge >= 0.3 is 0 Å². The minimum atomic E-state index is 0.158. The Morgan fingerprint density at radius 1 is 1.22 bits per heavy atom. The lowest BCUT2D eigenvalue weighted by atomic mass is 10.2. The van der Waals surface area contributed by atoms with E-state index in [4.69, 9.17) is 0 Å². The average Bonchev–Trinajstić information content (AvgIpc) is 2.73. The summed E-state index contributed by atoms with van der Waals surface area (Å²) in [5.41, 5.74) is 0. The maximum Gasteiger partial charge on any atom is 0.233 e. The van der Waals surface area contributed by atoms with Gasteiger partial charge in [0, 0.05) is 12.1 Å². The maximum absolute atomic E-state index is 12.1. The molecule has 7 heteroatoms. The predicted octanol–water partition coefficient (Wildman–Crippen LogP) is 3.00. The van der Waals surface area contributed by atoms with Crippen molar-refractivity contribution in [2.45, 2.75) is 48.5 Å². The van der Waals surface area contributed by atoms with E-state index in [0.29, 0.717) is 5.75 Å². The molecule has 0 aromatic carbocycles. The summed E-state index contributed by atoms with van der Waals surface area (Å²) in [5.74, 6) is 0.588. The molecule has 0 unspecified atom stereocenters. The largest absolute Gasteiger partial charge is 0.337 e. The Morgan fingerprint density at radius 2 is 1.78 bits per heavy atom. The molecular weight excluding hydrogens is 286 g/mol. The molecule has 4 nitrogen and oxygen atoms in total. The number of thioether (sulfide) groups is 2. The summed E-state index contributed by atoms with van der Waals surface area (Å²) in [6.45, 7) is 8.16. The molecule has 1 rings (SSSR count). The second-order valence-electron chi connectivity index (χ2n) is 4.32. The highest BCUT2D eigenvalue weighted by molar-refractivity contribution is 8.03. The van der Waals surface area contributed by atoms with Crippen LogP contribution in [0.5, 0.6) is 0 Å². The Hall–Kier alpha value is -0.270. The lowest BCUT2D eigenvalue weighted by Gasteiger charge is -2.30. The number of nitrogens with zero attached hydrogens (tertiary/aromatic N) is 3. The summed E-state index contributed by atoms with van der Waals surface area (Å²) in [7, 11) is 0. The highest BCUT2D eigenvalue weighted by atomic mass is 32.2. The molecule has 0 radical (unpaired) electrons. The van der Waals surface area contributed by atoms with Crippen LogP contribution in [0.25, 0.3) is 0 Å². The van der Waals surface area contributed by atoms with Crippen LogP contribution in [0.3, 0.4) is 0 Å². The van der Waals surface area contributed by atoms with Gasteiger partial charge in [0.2, 0.25) is 5.91 Å². The number of aromatic nitrogens is 2. The second-order valence-corrected chi connectivity index (χ2v) is 7.57. The Balaban J connectivity index is 2.54. The molecule has 0 fully saturated rings. The standard InChI is InChI=1S/C11H19N3OS3/c1-7(2)14(8(3)4)9(15)6-17-11-13-12-10(16-5)18-11/h7-8H,6H2,1-5H3. The molecule has 1 amide bonds. The molecule has 1 heterocycles. The van der Waals surface area contributed by atoms with Gasteiger partial charge in [-0.05, 0) is 34.0 Å². The number of hydrogen-bond donors (Lipinski definition) is 0. The lowest BCUT2D eigenvalue weighted by Crippen LogP contribution is -2.43.